The molecule has 2 unspecified atom stereocenters. The second-order valence-electron chi connectivity index (χ2n) is 7.77. The molecule has 122 valence electrons. The van der Waals surface area contributed by atoms with Crippen LogP contribution in [0.5, 0.6) is 0 Å². The predicted molar refractivity (Wildman–Crippen MR) is 87.6 cm³/mol. The van der Waals surface area contributed by atoms with Crippen LogP contribution in [0.3, 0.4) is 0 Å². The quantitative estimate of drug-likeness (QED) is 0.843. The lowest BCUT2D eigenvalue weighted by atomic mass is 9.78. The molecule has 3 heteroatoms. The van der Waals surface area contributed by atoms with Crippen molar-refractivity contribution in [2.24, 2.45) is 5.92 Å². The lowest BCUT2D eigenvalue weighted by molar-refractivity contribution is -0.0129. The van der Waals surface area contributed by atoms with E-state index in [1.807, 2.05) is 0 Å². The van der Waals surface area contributed by atoms with Gasteiger partial charge in [0.1, 0.15) is 0 Å². The van der Waals surface area contributed by atoms with Gasteiger partial charge in [0.05, 0.1) is 12.2 Å². The Hall–Kier alpha value is -0.120. The van der Waals surface area contributed by atoms with Gasteiger partial charge >= 0.3 is 0 Å². The number of nitrogens with one attached hydrogen (secondary N) is 1. The normalized spacial score (nSPS) is 37.9. The highest BCUT2D eigenvalue weighted by Gasteiger charge is 2.35. The van der Waals surface area contributed by atoms with Crippen LogP contribution in [0.4, 0.5) is 0 Å². The highest BCUT2D eigenvalue weighted by molar-refractivity contribution is 4.89. The van der Waals surface area contributed by atoms with Crippen molar-refractivity contribution in [1.82, 2.24) is 10.2 Å². The number of piperidine rings is 1. The molecule has 3 rings (SSSR count). The summed E-state index contributed by atoms with van der Waals surface area (Å²) in [6.45, 7) is 7.96. The number of hydrogen-bond acceptors (Lipinski definition) is 3. The zero-order chi connectivity index (χ0) is 14.7. The number of likely N-dealkylation sites (tertiary alicyclic amines) is 1. The Labute approximate surface area is 130 Å². The molecular weight excluding hydrogens is 260 g/mol. The van der Waals surface area contributed by atoms with Crippen molar-refractivity contribution in [2.75, 3.05) is 19.6 Å². The van der Waals surface area contributed by atoms with E-state index >= 15 is 0 Å². The van der Waals surface area contributed by atoms with E-state index in [1.54, 1.807) is 0 Å². The molecular formula is C18H34N2O. The molecule has 1 saturated carbocycles. The van der Waals surface area contributed by atoms with Gasteiger partial charge in [0.2, 0.25) is 0 Å². The maximum Gasteiger partial charge on any atom is 0.0707 e. The summed E-state index contributed by atoms with van der Waals surface area (Å²) in [5.41, 5.74) is 0. The van der Waals surface area contributed by atoms with Crippen LogP contribution in [0, 0.1) is 5.92 Å². The molecule has 3 aliphatic rings. The van der Waals surface area contributed by atoms with Crippen molar-refractivity contribution < 1.29 is 4.74 Å². The van der Waals surface area contributed by atoms with Gasteiger partial charge in [-0.25, -0.2) is 0 Å². The Balaban J connectivity index is 1.45. The third-order valence-corrected chi connectivity index (χ3v) is 5.75. The standard InChI is InChI=1S/C18H34N2O/c1-14(2)19-12-16-9-10-17(21-16)13-20-11-5-7-15-6-3-4-8-18(15)20/h14-19H,3-13H2,1-2H3/t15-,16?,17?,18-/m1/s1. The summed E-state index contributed by atoms with van der Waals surface area (Å²) >= 11 is 0. The van der Waals surface area contributed by atoms with Crippen LogP contribution < -0.4 is 5.32 Å². The predicted octanol–water partition coefficient (Wildman–Crippen LogP) is 3.19. The van der Waals surface area contributed by atoms with Crippen molar-refractivity contribution in [3.05, 3.63) is 0 Å². The van der Waals surface area contributed by atoms with Crippen LogP contribution in [0.15, 0.2) is 0 Å². The van der Waals surface area contributed by atoms with Crippen molar-refractivity contribution in [1.29, 1.82) is 0 Å². The number of rotatable bonds is 5. The van der Waals surface area contributed by atoms with E-state index in [0.717, 1.165) is 18.5 Å². The molecule has 21 heavy (non-hydrogen) atoms. The number of hydrogen-bond donors (Lipinski definition) is 1. The van der Waals surface area contributed by atoms with Crippen LogP contribution >= 0.6 is 0 Å². The second kappa shape index (κ2) is 7.43. The molecule has 0 spiro atoms. The van der Waals surface area contributed by atoms with Crippen LogP contribution in [0.25, 0.3) is 0 Å². The molecule has 0 aromatic rings. The van der Waals surface area contributed by atoms with Crippen LogP contribution in [0.2, 0.25) is 0 Å². The molecule has 1 N–H and O–H groups in total. The van der Waals surface area contributed by atoms with E-state index in [2.05, 4.69) is 24.1 Å². The topological polar surface area (TPSA) is 24.5 Å². The molecule has 0 aromatic carbocycles. The third-order valence-electron chi connectivity index (χ3n) is 5.75. The molecule has 3 nitrogen and oxygen atoms in total. The second-order valence-corrected chi connectivity index (χ2v) is 7.77. The van der Waals surface area contributed by atoms with E-state index in [9.17, 15) is 0 Å². The van der Waals surface area contributed by atoms with Gasteiger partial charge in [-0.15, -0.1) is 0 Å². The highest BCUT2D eigenvalue weighted by Crippen LogP contribution is 2.36. The van der Waals surface area contributed by atoms with Gasteiger partial charge in [-0.2, -0.15) is 0 Å². The Bertz CT molecular complexity index is 318. The fraction of sp³-hybridized carbons (Fsp3) is 1.00. The van der Waals surface area contributed by atoms with Crippen molar-refractivity contribution in [3.8, 4) is 0 Å². The molecule has 0 bridgehead atoms. The number of fused-ring (bicyclic) bond motifs is 1. The zero-order valence-corrected chi connectivity index (χ0v) is 14.0. The van der Waals surface area contributed by atoms with E-state index in [0.29, 0.717) is 18.2 Å². The van der Waals surface area contributed by atoms with Crippen molar-refractivity contribution >= 4 is 0 Å². The first kappa shape index (κ1) is 15.8. The Morgan fingerprint density at radius 3 is 2.62 bits per heavy atom. The summed E-state index contributed by atoms with van der Waals surface area (Å²) in [4.78, 5) is 2.79. The summed E-state index contributed by atoms with van der Waals surface area (Å²) < 4.78 is 6.29. The van der Waals surface area contributed by atoms with Gasteiger partial charge in [0, 0.05) is 25.2 Å². The van der Waals surface area contributed by atoms with E-state index in [1.165, 1.54) is 64.5 Å². The molecule has 2 heterocycles. The first-order chi connectivity index (χ1) is 10.2. The Morgan fingerprint density at radius 1 is 1.00 bits per heavy atom. The molecule has 2 aliphatic heterocycles. The number of nitrogens with zero attached hydrogens (tertiary/aromatic N) is 1. The minimum Gasteiger partial charge on any atom is -0.372 e. The largest absolute Gasteiger partial charge is 0.372 e. The van der Waals surface area contributed by atoms with Crippen LogP contribution in [0.1, 0.15) is 65.2 Å². The summed E-state index contributed by atoms with van der Waals surface area (Å²) in [7, 11) is 0. The van der Waals surface area contributed by atoms with Gasteiger partial charge in [-0.3, -0.25) is 4.90 Å². The molecule has 0 radical (unpaired) electrons. The van der Waals surface area contributed by atoms with E-state index in [4.69, 9.17) is 4.74 Å². The molecule has 1 aliphatic carbocycles. The van der Waals surface area contributed by atoms with E-state index < -0.39 is 0 Å². The SMILES string of the molecule is CC(C)NCC1CCC(CN2CCC[C@H]3CCCC[C@H]32)O1. The summed E-state index contributed by atoms with van der Waals surface area (Å²) in [5, 5.41) is 3.52. The minimum absolute atomic E-state index is 0.448. The lowest BCUT2D eigenvalue weighted by Crippen LogP contribution is -2.49. The molecule has 3 fully saturated rings. The first-order valence-electron chi connectivity index (χ1n) is 9.35. The maximum atomic E-state index is 6.29. The average molecular weight is 294 g/mol. The fourth-order valence-electron chi connectivity index (χ4n) is 4.65. The van der Waals surface area contributed by atoms with E-state index in [-0.39, 0.29) is 0 Å². The monoisotopic (exact) mass is 294 g/mol. The first-order valence-corrected chi connectivity index (χ1v) is 9.35. The zero-order valence-electron chi connectivity index (χ0n) is 14.0. The Morgan fingerprint density at radius 2 is 1.76 bits per heavy atom. The van der Waals surface area contributed by atoms with Gasteiger partial charge in [-0.05, 0) is 51.0 Å². The minimum atomic E-state index is 0.448. The van der Waals surface area contributed by atoms with Gasteiger partial charge in [0.15, 0.2) is 0 Å². The molecule has 0 amide bonds. The maximum absolute atomic E-state index is 6.29. The highest BCUT2D eigenvalue weighted by atomic mass is 16.5. The molecule has 0 aromatic heterocycles. The fourth-order valence-corrected chi connectivity index (χ4v) is 4.65. The average Bonchev–Trinajstić information content (AvgIpc) is 2.93. The summed E-state index contributed by atoms with van der Waals surface area (Å²) in [6, 6.07) is 1.45. The van der Waals surface area contributed by atoms with Gasteiger partial charge in [-0.1, -0.05) is 26.7 Å². The smallest absolute Gasteiger partial charge is 0.0707 e. The summed E-state index contributed by atoms with van der Waals surface area (Å²) in [5.74, 6) is 0.993. The number of ether oxygens (including phenoxy) is 1. The lowest BCUT2D eigenvalue weighted by Gasteiger charge is -2.45. The van der Waals surface area contributed by atoms with Crippen LogP contribution in [-0.2, 0) is 4.74 Å². The third kappa shape index (κ3) is 4.20. The van der Waals surface area contributed by atoms with Crippen molar-refractivity contribution in [3.63, 3.8) is 0 Å². The van der Waals surface area contributed by atoms with Crippen molar-refractivity contribution in [2.45, 2.75) is 89.5 Å². The van der Waals surface area contributed by atoms with Crippen LogP contribution in [-0.4, -0.2) is 48.8 Å². The Kier molecular flexibility index (Phi) is 5.58. The van der Waals surface area contributed by atoms with Gasteiger partial charge < -0.3 is 10.1 Å². The molecule has 4 atom stereocenters. The summed E-state index contributed by atoms with van der Waals surface area (Å²) in [6.07, 6.45) is 12.2. The van der Waals surface area contributed by atoms with Gasteiger partial charge in [0.25, 0.3) is 0 Å². The molecule has 2 saturated heterocycles.